The molecule has 1 aromatic carbocycles. The molecule has 1 atom stereocenters. The molecule has 0 aliphatic heterocycles. The molecule has 3 rings (SSSR count). The van der Waals surface area contributed by atoms with Crippen LogP contribution in [-0.4, -0.2) is 43.2 Å². The van der Waals surface area contributed by atoms with Crippen LogP contribution in [0.2, 0.25) is 0 Å². The van der Waals surface area contributed by atoms with Crippen LogP contribution in [0, 0.1) is 12.7 Å². The van der Waals surface area contributed by atoms with Crippen molar-refractivity contribution >= 4 is 23.6 Å². The summed E-state index contributed by atoms with van der Waals surface area (Å²) in [6.07, 6.45) is 8.99. The van der Waals surface area contributed by atoms with Gasteiger partial charge in [-0.1, -0.05) is 18.2 Å². The van der Waals surface area contributed by atoms with Crippen molar-refractivity contribution in [2.45, 2.75) is 19.9 Å². The van der Waals surface area contributed by atoms with Gasteiger partial charge in [0, 0.05) is 18.6 Å². The third-order valence-electron chi connectivity index (χ3n) is 4.65. The number of aromatic nitrogens is 4. The van der Waals surface area contributed by atoms with Crippen molar-refractivity contribution in [3.05, 3.63) is 83.8 Å². The first-order valence-corrected chi connectivity index (χ1v) is 9.60. The fourth-order valence-electron chi connectivity index (χ4n) is 2.98. The van der Waals surface area contributed by atoms with Crippen LogP contribution >= 0.6 is 0 Å². The lowest BCUT2D eigenvalue weighted by Gasteiger charge is -2.24. The van der Waals surface area contributed by atoms with E-state index in [2.05, 4.69) is 25.5 Å². The monoisotopic (exact) mass is 422 g/mol. The molecule has 9 heteroatoms. The summed E-state index contributed by atoms with van der Waals surface area (Å²) in [7, 11) is 0. The first kappa shape index (κ1) is 21.8. The number of carbonyl (C=O) groups is 1. The lowest BCUT2D eigenvalue weighted by atomic mass is 10.1. The van der Waals surface area contributed by atoms with E-state index in [0.717, 1.165) is 17.0 Å². The van der Waals surface area contributed by atoms with Crippen molar-refractivity contribution in [3.8, 4) is 0 Å². The highest BCUT2D eigenvalue weighted by atomic mass is 19.1. The molecule has 3 aromatic rings. The van der Waals surface area contributed by atoms with Crippen molar-refractivity contribution < 1.29 is 14.3 Å². The van der Waals surface area contributed by atoms with Crippen LogP contribution in [0.15, 0.2) is 61.1 Å². The molecule has 1 unspecified atom stereocenters. The largest absolute Gasteiger partial charge is 0.394 e. The summed E-state index contributed by atoms with van der Waals surface area (Å²) < 4.78 is 13.6. The van der Waals surface area contributed by atoms with Gasteiger partial charge in [-0.3, -0.25) is 9.89 Å². The minimum atomic E-state index is -0.714. The maximum Gasteiger partial charge on any atom is 0.227 e. The number of aliphatic hydroxyl groups is 1. The number of benzene rings is 1. The highest BCUT2D eigenvalue weighted by Crippen LogP contribution is 2.22. The van der Waals surface area contributed by atoms with Gasteiger partial charge < -0.3 is 15.3 Å². The first-order valence-electron chi connectivity index (χ1n) is 9.60. The second kappa shape index (κ2) is 10.3. The molecule has 2 aromatic heterocycles. The molecule has 31 heavy (non-hydrogen) atoms. The molecular formula is C22H23FN6O2. The van der Waals surface area contributed by atoms with Gasteiger partial charge in [-0.25, -0.2) is 14.4 Å². The van der Waals surface area contributed by atoms with E-state index in [1.54, 1.807) is 30.6 Å². The Bertz CT molecular complexity index is 1090. The Balaban J connectivity index is 1.81. The number of hydrogen-bond donors (Lipinski definition) is 3. The molecule has 1 amide bonds. The van der Waals surface area contributed by atoms with E-state index in [1.807, 2.05) is 19.9 Å². The number of nitrogens with zero attached hydrogens (tertiary/aromatic N) is 4. The zero-order valence-electron chi connectivity index (χ0n) is 17.2. The van der Waals surface area contributed by atoms with Gasteiger partial charge in [-0.2, -0.15) is 5.10 Å². The minimum Gasteiger partial charge on any atom is -0.394 e. The number of amides is 1. The van der Waals surface area contributed by atoms with Crippen LogP contribution in [0.3, 0.4) is 0 Å². The molecular weight excluding hydrogens is 399 g/mol. The molecule has 0 aliphatic carbocycles. The minimum absolute atomic E-state index is 0.358. The Labute approximate surface area is 179 Å². The summed E-state index contributed by atoms with van der Waals surface area (Å²) in [5.41, 5.74) is 3.41. The van der Waals surface area contributed by atoms with Crippen molar-refractivity contribution in [2.75, 3.05) is 11.9 Å². The number of hydrogen-bond acceptors (Lipinski definition) is 6. The molecule has 2 heterocycles. The van der Waals surface area contributed by atoms with Crippen LogP contribution < -0.4 is 5.32 Å². The highest BCUT2D eigenvalue weighted by Gasteiger charge is 2.17. The highest BCUT2D eigenvalue weighted by molar-refractivity contribution is 5.72. The number of halogens is 1. The van der Waals surface area contributed by atoms with Gasteiger partial charge in [-0.05, 0) is 49.3 Å². The zero-order valence-corrected chi connectivity index (χ0v) is 17.2. The van der Waals surface area contributed by atoms with Crippen LogP contribution in [-0.2, 0) is 4.79 Å². The Morgan fingerprint density at radius 2 is 2.23 bits per heavy atom. The lowest BCUT2D eigenvalue weighted by Crippen LogP contribution is -2.25. The van der Waals surface area contributed by atoms with Gasteiger partial charge >= 0.3 is 0 Å². The lowest BCUT2D eigenvalue weighted by molar-refractivity contribution is -0.118. The number of aryl methyl sites for hydroxylation is 1. The number of anilines is 2. The van der Waals surface area contributed by atoms with Crippen LogP contribution in [0.5, 0.6) is 0 Å². The fraction of sp³-hybridized carbons (Fsp3) is 0.182. The number of carbonyl (C=O) groups excluding carboxylic acids is 1. The maximum atomic E-state index is 13.6. The van der Waals surface area contributed by atoms with Crippen LogP contribution in [0.25, 0.3) is 5.57 Å². The van der Waals surface area contributed by atoms with Gasteiger partial charge in [-0.15, -0.1) is 0 Å². The average Bonchev–Trinajstić information content (AvgIpc) is 3.18. The first-order chi connectivity index (χ1) is 15.0. The third-order valence-corrected chi connectivity index (χ3v) is 4.65. The molecule has 8 nitrogen and oxygen atoms in total. The molecule has 0 aliphatic rings. The quantitative estimate of drug-likeness (QED) is 0.360. The van der Waals surface area contributed by atoms with Gasteiger partial charge in [0.1, 0.15) is 5.82 Å². The summed E-state index contributed by atoms with van der Waals surface area (Å²) in [5.74, 6) is -0.0382. The summed E-state index contributed by atoms with van der Waals surface area (Å²) in [6.45, 7) is 3.34. The summed E-state index contributed by atoms with van der Waals surface area (Å²) in [4.78, 5) is 21.7. The number of aliphatic hydroxyl groups excluding tert-OH is 1. The van der Waals surface area contributed by atoms with Crippen molar-refractivity contribution in [2.24, 2.45) is 0 Å². The Morgan fingerprint density at radius 3 is 2.87 bits per heavy atom. The second-order valence-electron chi connectivity index (χ2n) is 6.64. The predicted molar refractivity (Wildman–Crippen MR) is 116 cm³/mol. The summed E-state index contributed by atoms with van der Waals surface area (Å²) in [5, 5.41) is 19.7. The normalized spacial score (nSPS) is 12.7. The van der Waals surface area contributed by atoms with Gasteiger partial charge in [0.25, 0.3) is 0 Å². The number of nitrogens with one attached hydrogen (secondary N) is 2. The van der Waals surface area contributed by atoms with Gasteiger partial charge in [0.05, 0.1) is 29.7 Å². The predicted octanol–water partition coefficient (Wildman–Crippen LogP) is 3.50. The topological polar surface area (TPSA) is 107 Å². The smallest absolute Gasteiger partial charge is 0.227 e. The second-order valence-corrected chi connectivity index (χ2v) is 6.64. The Hall–Kier alpha value is -3.85. The van der Waals surface area contributed by atoms with Gasteiger partial charge in [0.2, 0.25) is 12.4 Å². The van der Waals surface area contributed by atoms with E-state index in [1.165, 1.54) is 29.3 Å². The third kappa shape index (κ3) is 5.40. The average molecular weight is 422 g/mol. The van der Waals surface area contributed by atoms with E-state index >= 15 is 0 Å². The number of aromatic amines is 1. The molecule has 0 saturated carbocycles. The van der Waals surface area contributed by atoms with E-state index in [0.29, 0.717) is 23.6 Å². The van der Waals surface area contributed by atoms with E-state index in [-0.39, 0.29) is 6.61 Å². The summed E-state index contributed by atoms with van der Waals surface area (Å²) >= 11 is 0. The van der Waals surface area contributed by atoms with E-state index < -0.39 is 11.9 Å². The molecule has 0 saturated heterocycles. The number of H-pyrrole nitrogens is 1. The van der Waals surface area contributed by atoms with Crippen LogP contribution in [0.4, 0.5) is 16.0 Å². The molecule has 0 spiro atoms. The Morgan fingerprint density at radius 1 is 1.39 bits per heavy atom. The molecule has 0 radical (unpaired) electrons. The zero-order chi connectivity index (χ0) is 22.2. The molecule has 0 bridgehead atoms. The Kier molecular flexibility index (Phi) is 7.23. The SMILES string of the molecule is C/C=C(\C=C/N(C=O)C(CO)c1cccc(F)c1)c1ccnc(Nc2c[nH]nc2C)n1. The number of rotatable bonds is 9. The standard InChI is InChI=1S/C22H23FN6O2/c1-3-16(19-7-9-24-22(26-19)27-20-12-25-28-15(20)2)8-10-29(14-31)21(13-30)17-5-4-6-18(23)11-17/h3-12,14,21,30H,13H2,1-2H3,(H,25,28)(H,24,26,27)/b10-8-,16-3+. The van der Waals surface area contributed by atoms with Crippen molar-refractivity contribution in [1.82, 2.24) is 25.1 Å². The fourth-order valence-corrected chi connectivity index (χ4v) is 2.98. The van der Waals surface area contributed by atoms with Crippen molar-refractivity contribution in [1.29, 1.82) is 0 Å². The summed E-state index contributed by atoms with van der Waals surface area (Å²) in [6, 6.07) is 6.83. The van der Waals surface area contributed by atoms with E-state index in [9.17, 15) is 14.3 Å². The van der Waals surface area contributed by atoms with Gasteiger partial charge in [0.15, 0.2) is 0 Å². The number of allylic oxidation sites excluding steroid dienone is 3. The molecule has 0 fully saturated rings. The van der Waals surface area contributed by atoms with E-state index in [4.69, 9.17) is 0 Å². The molecule has 3 N–H and O–H groups in total. The van der Waals surface area contributed by atoms with Crippen molar-refractivity contribution in [3.63, 3.8) is 0 Å². The van der Waals surface area contributed by atoms with Crippen LogP contribution in [0.1, 0.15) is 29.9 Å². The maximum absolute atomic E-state index is 13.6. The molecule has 160 valence electrons.